The van der Waals surface area contributed by atoms with Gasteiger partial charge in [-0.15, -0.1) is 0 Å². The highest BCUT2D eigenvalue weighted by molar-refractivity contribution is 5.91. The third-order valence-corrected chi connectivity index (χ3v) is 2.69. The molecule has 1 aromatic rings. The van der Waals surface area contributed by atoms with Gasteiger partial charge in [0.05, 0.1) is 11.1 Å². The third kappa shape index (κ3) is 7.05. The molecule has 0 fully saturated rings. The number of allylic oxidation sites excluding steroid dienone is 8. The molecule has 0 atom stereocenters. The van der Waals surface area contributed by atoms with E-state index in [-0.39, 0.29) is 11.1 Å². The van der Waals surface area contributed by atoms with Crippen LogP contribution in [0.3, 0.4) is 0 Å². The maximum atomic E-state index is 10.3. The van der Waals surface area contributed by atoms with Crippen LogP contribution in [0.2, 0.25) is 0 Å². The maximum Gasteiger partial charge on any atom is 0.335 e. The van der Waals surface area contributed by atoms with Crippen molar-refractivity contribution in [3.05, 3.63) is 84.0 Å². The fourth-order valence-corrected chi connectivity index (χ4v) is 1.54. The fourth-order valence-electron chi connectivity index (χ4n) is 1.54. The molecular weight excluding hydrogens is 280 g/mol. The van der Waals surface area contributed by atoms with E-state index >= 15 is 0 Å². The van der Waals surface area contributed by atoms with E-state index in [1.165, 1.54) is 24.3 Å². The second-order valence-corrected chi connectivity index (χ2v) is 4.37. The van der Waals surface area contributed by atoms with Crippen LogP contribution in [-0.2, 0) is 0 Å². The largest absolute Gasteiger partial charge is 0.478 e. The molecule has 2 N–H and O–H groups in total. The first-order valence-corrected chi connectivity index (χ1v) is 6.81. The summed E-state index contributed by atoms with van der Waals surface area (Å²) in [6.45, 7) is 0. The van der Waals surface area contributed by atoms with E-state index in [0.29, 0.717) is 0 Å². The van der Waals surface area contributed by atoms with Gasteiger partial charge in [-0.25, -0.2) is 9.59 Å². The van der Waals surface area contributed by atoms with E-state index in [4.69, 9.17) is 10.2 Å². The van der Waals surface area contributed by atoms with Gasteiger partial charge < -0.3 is 10.2 Å². The molecule has 0 aliphatic heterocycles. The molecule has 1 aromatic carbocycles. The topological polar surface area (TPSA) is 74.6 Å². The average Bonchev–Trinajstić information content (AvgIpc) is 3.25. The van der Waals surface area contributed by atoms with E-state index in [1.807, 2.05) is 0 Å². The molecule has 22 heavy (non-hydrogen) atoms. The van der Waals surface area contributed by atoms with Crippen LogP contribution in [-0.4, -0.2) is 22.2 Å². The number of carboxylic acids is 2. The van der Waals surface area contributed by atoms with E-state index in [1.54, 1.807) is 0 Å². The molecule has 0 spiro atoms. The van der Waals surface area contributed by atoms with Crippen molar-refractivity contribution in [1.29, 1.82) is 0 Å². The molecule has 0 unspecified atom stereocenters. The van der Waals surface area contributed by atoms with E-state index in [2.05, 4.69) is 48.6 Å². The van der Waals surface area contributed by atoms with Gasteiger partial charge >= 0.3 is 11.9 Å². The predicted octanol–water partition coefficient (Wildman–Crippen LogP) is 4.09. The Bertz CT molecular complexity index is 529. The molecule has 0 amide bonds. The van der Waals surface area contributed by atoms with Crippen molar-refractivity contribution in [2.45, 2.75) is 12.8 Å². The summed E-state index contributed by atoms with van der Waals surface area (Å²) in [5, 5.41) is 16.9. The highest BCUT2D eigenvalue weighted by Gasteiger charge is 2.04. The van der Waals surface area contributed by atoms with Gasteiger partial charge in [-0.3, -0.25) is 0 Å². The normalized spacial score (nSPS) is 13.1. The highest BCUT2D eigenvalue weighted by Crippen LogP contribution is 2.03. The lowest BCUT2D eigenvalue weighted by molar-refractivity contribution is 0.0681. The summed E-state index contributed by atoms with van der Waals surface area (Å²) in [6.07, 6.45) is 19.0. The van der Waals surface area contributed by atoms with Crippen molar-refractivity contribution in [1.82, 2.24) is 0 Å². The van der Waals surface area contributed by atoms with Crippen molar-refractivity contribution in [3.63, 3.8) is 0 Å². The maximum absolute atomic E-state index is 10.3. The molecule has 4 heteroatoms. The zero-order chi connectivity index (χ0) is 16.2. The molecule has 0 bridgehead atoms. The summed E-state index contributed by atoms with van der Waals surface area (Å²) in [6, 6.07) is 5.02. The quantitative estimate of drug-likeness (QED) is 0.862. The van der Waals surface area contributed by atoms with Crippen LogP contribution in [0.4, 0.5) is 0 Å². The van der Waals surface area contributed by atoms with Crippen LogP contribution in [0.15, 0.2) is 72.9 Å². The number of benzene rings is 1. The van der Waals surface area contributed by atoms with Crippen LogP contribution in [0.5, 0.6) is 0 Å². The average molecular weight is 298 g/mol. The Labute approximate surface area is 129 Å². The van der Waals surface area contributed by atoms with Crippen LogP contribution in [0.25, 0.3) is 0 Å². The van der Waals surface area contributed by atoms with E-state index < -0.39 is 11.9 Å². The number of hydrogen-bond acceptors (Lipinski definition) is 2. The molecule has 0 aromatic heterocycles. The number of hydrogen-bond donors (Lipinski definition) is 2. The van der Waals surface area contributed by atoms with Gasteiger partial charge in [0.15, 0.2) is 0 Å². The Balaban J connectivity index is 0.000000197. The minimum atomic E-state index is -1.06. The Hall–Kier alpha value is -2.88. The molecule has 0 saturated heterocycles. The van der Waals surface area contributed by atoms with Crippen LogP contribution < -0.4 is 0 Å². The standard InChI is InChI=1S/C8H6O4.2C5H6/c9-7(10)5-1-2-6(4-3-5)8(11)12;2*1-2-4-5-3-1/h1-4H,(H,9,10)(H,11,12);2*1-4H,5H2. The highest BCUT2D eigenvalue weighted by atomic mass is 16.4. The second kappa shape index (κ2) is 9.94. The van der Waals surface area contributed by atoms with Gasteiger partial charge in [0.2, 0.25) is 0 Å². The summed E-state index contributed by atoms with van der Waals surface area (Å²) in [4.78, 5) is 20.7. The van der Waals surface area contributed by atoms with Gasteiger partial charge in [-0.1, -0.05) is 48.6 Å². The number of aromatic carboxylic acids is 2. The lowest BCUT2D eigenvalue weighted by atomic mass is 10.1. The Morgan fingerprint density at radius 1 is 0.636 bits per heavy atom. The van der Waals surface area contributed by atoms with Crippen LogP contribution in [0, 0.1) is 0 Å². The van der Waals surface area contributed by atoms with Crippen molar-refractivity contribution in [2.75, 3.05) is 0 Å². The zero-order valence-electron chi connectivity index (χ0n) is 12.1. The Kier molecular flexibility index (Phi) is 7.76. The predicted molar refractivity (Wildman–Crippen MR) is 86.2 cm³/mol. The Morgan fingerprint density at radius 3 is 1.05 bits per heavy atom. The number of rotatable bonds is 2. The zero-order valence-corrected chi connectivity index (χ0v) is 12.1. The minimum Gasteiger partial charge on any atom is -0.478 e. The molecule has 2 aliphatic rings. The van der Waals surface area contributed by atoms with Crippen molar-refractivity contribution >= 4 is 11.9 Å². The second-order valence-electron chi connectivity index (χ2n) is 4.37. The van der Waals surface area contributed by atoms with Gasteiger partial charge in [0.1, 0.15) is 0 Å². The summed E-state index contributed by atoms with van der Waals surface area (Å²) in [5.74, 6) is -2.13. The summed E-state index contributed by atoms with van der Waals surface area (Å²) in [5.41, 5.74) is 0.167. The molecule has 2 aliphatic carbocycles. The molecule has 0 radical (unpaired) electrons. The van der Waals surface area contributed by atoms with Gasteiger partial charge in [-0.2, -0.15) is 0 Å². The Morgan fingerprint density at radius 2 is 0.909 bits per heavy atom. The fraction of sp³-hybridized carbons (Fsp3) is 0.111. The monoisotopic (exact) mass is 298 g/mol. The van der Waals surface area contributed by atoms with Gasteiger partial charge in [-0.05, 0) is 37.1 Å². The SMILES string of the molecule is C1=CCC=C1.C1=CCC=C1.O=C(O)c1ccc(C(=O)O)cc1. The molecule has 0 heterocycles. The first-order valence-electron chi connectivity index (χ1n) is 6.81. The summed E-state index contributed by atoms with van der Waals surface area (Å²) >= 11 is 0. The lowest BCUT2D eigenvalue weighted by Gasteiger charge is -1.94. The van der Waals surface area contributed by atoms with Gasteiger partial charge in [0, 0.05) is 0 Å². The summed E-state index contributed by atoms with van der Waals surface area (Å²) in [7, 11) is 0. The number of carboxylic acid groups (broad SMARTS) is 2. The van der Waals surface area contributed by atoms with Crippen molar-refractivity contribution in [3.8, 4) is 0 Å². The van der Waals surface area contributed by atoms with E-state index in [9.17, 15) is 9.59 Å². The van der Waals surface area contributed by atoms with Crippen LogP contribution >= 0.6 is 0 Å². The smallest absolute Gasteiger partial charge is 0.335 e. The lowest BCUT2D eigenvalue weighted by Crippen LogP contribution is -1.99. The van der Waals surface area contributed by atoms with Crippen molar-refractivity contribution < 1.29 is 19.8 Å². The van der Waals surface area contributed by atoms with E-state index in [0.717, 1.165) is 12.8 Å². The van der Waals surface area contributed by atoms with Gasteiger partial charge in [0.25, 0.3) is 0 Å². The third-order valence-electron chi connectivity index (χ3n) is 2.69. The minimum absolute atomic E-state index is 0.0833. The van der Waals surface area contributed by atoms with Crippen LogP contribution in [0.1, 0.15) is 33.6 Å². The molecule has 114 valence electrons. The molecule has 3 rings (SSSR count). The summed E-state index contributed by atoms with van der Waals surface area (Å²) < 4.78 is 0. The molecule has 0 saturated carbocycles. The number of carbonyl (C=O) groups is 2. The van der Waals surface area contributed by atoms with Crippen molar-refractivity contribution in [2.24, 2.45) is 0 Å². The first kappa shape index (κ1) is 17.2. The first-order chi connectivity index (χ1) is 10.6. The molecule has 4 nitrogen and oxygen atoms in total. The molecular formula is C18H18O4.